The number of hydrogen-bond donors (Lipinski definition) is 0. The van der Waals surface area contributed by atoms with Gasteiger partial charge in [0, 0.05) is 98.1 Å². The number of rotatable bonds is 0. The predicted octanol–water partition coefficient (Wildman–Crippen LogP) is 5.52. The molecule has 0 unspecified atom stereocenters. The molecule has 0 heterocycles. The van der Waals surface area contributed by atoms with Crippen molar-refractivity contribution < 1.29 is 98.1 Å². The second-order valence-corrected chi connectivity index (χ2v) is 2.80. The number of fused-ring (bicyclic) bond motifs is 1. The van der Waals surface area contributed by atoms with Gasteiger partial charge in [-0.05, 0) is 23.3 Å². The van der Waals surface area contributed by atoms with Crippen LogP contribution in [0.3, 0.4) is 0 Å². The van der Waals surface area contributed by atoms with Crippen molar-refractivity contribution in [2.75, 3.05) is 0 Å². The first kappa shape index (κ1) is 37.3. The van der Waals surface area contributed by atoms with Crippen LogP contribution in [0.1, 0.15) is 19.4 Å². The van der Waals surface area contributed by atoms with Crippen LogP contribution >= 0.6 is 0 Å². The van der Waals surface area contributed by atoms with Crippen molar-refractivity contribution in [2.24, 2.45) is 0 Å². The maximum Gasteiger partial charge on any atom is 0 e. The van der Waals surface area contributed by atoms with E-state index in [0.717, 1.165) is 0 Å². The van der Waals surface area contributed by atoms with E-state index >= 15 is 0 Å². The summed E-state index contributed by atoms with van der Waals surface area (Å²) >= 11 is 0. The largest absolute Gasteiger partial charge is 0.358 e. The molecule has 0 fully saturated rings. The van der Waals surface area contributed by atoms with E-state index in [4.69, 9.17) is 0 Å². The molecule has 0 aliphatic rings. The van der Waals surface area contributed by atoms with Crippen molar-refractivity contribution in [1.82, 2.24) is 0 Å². The fourth-order valence-corrected chi connectivity index (χ4v) is 1.39. The minimum Gasteiger partial charge on any atom is -0.358 e. The number of benzene rings is 2. The van der Waals surface area contributed by atoms with Gasteiger partial charge in [0.05, 0.1) is 0 Å². The van der Waals surface area contributed by atoms with Gasteiger partial charge in [-0.2, -0.15) is 0 Å². The minimum atomic E-state index is 0. The molecular weight excluding hydrogens is 459 g/mol. The average Bonchev–Trinajstić information content (AvgIpc) is 2.22. The normalized spacial score (nSPS) is 6.26. The SMILES string of the molecule is CC.Cc1cccc2ccccc12.[CH3-].[CH3-].[CH3-].[Y].[Y].[Y]. The smallest absolute Gasteiger partial charge is 0 e. The summed E-state index contributed by atoms with van der Waals surface area (Å²) in [7, 11) is 0. The zero-order valence-electron chi connectivity index (χ0n) is 13.3. The van der Waals surface area contributed by atoms with Crippen LogP contribution < -0.4 is 0 Å². The molecule has 3 radical (unpaired) electrons. The molecule has 0 saturated heterocycles. The van der Waals surface area contributed by atoms with Gasteiger partial charge < -0.3 is 22.3 Å². The second kappa shape index (κ2) is 22.3. The molecule has 19 heavy (non-hydrogen) atoms. The summed E-state index contributed by atoms with van der Waals surface area (Å²) in [5, 5.41) is 2.68. The third-order valence-electron chi connectivity index (χ3n) is 2.01. The van der Waals surface area contributed by atoms with Gasteiger partial charge >= 0.3 is 0 Å². The monoisotopic (exact) mass is 484 g/mol. The maximum absolute atomic E-state index is 2.16. The Balaban J connectivity index is -0.0000000507. The van der Waals surface area contributed by atoms with Crippen molar-refractivity contribution in [1.29, 1.82) is 0 Å². The first-order valence-electron chi connectivity index (χ1n) is 4.82. The summed E-state index contributed by atoms with van der Waals surface area (Å²) in [6.45, 7) is 6.14. The van der Waals surface area contributed by atoms with Crippen molar-refractivity contribution in [3.8, 4) is 0 Å². The van der Waals surface area contributed by atoms with E-state index < -0.39 is 0 Å². The predicted molar refractivity (Wildman–Crippen MR) is 79.3 cm³/mol. The van der Waals surface area contributed by atoms with E-state index in [1.807, 2.05) is 13.8 Å². The van der Waals surface area contributed by atoms with Crippen LogP contribution in [0.2, 0.25) is 0 Å². The Morgan fingerprint density at radius 2 is 1.05 bits per heavy atom. The summed E-state index contributed by atoms with van der Waals surface area (Å²) in [4.78, 5) is 0. The third-order valence-corrected chi connectivity index (χ3v) is 2.01. The first-order chi connectivity index (χ1) is 6.38. The molecule has 2 aromatic carbocycles. The number of hydrogen-bond acceptors (Lipinski definition) is 0. The molecule has 0 amide bonds. The van der Waals surface area contributed by atoms with Gasteiger partial charge in [0.25, 0.3) is 0 Å². The van der Waals surface area contributed by atoms with E-state index in [0.29, 0.717) is 0 Å². The van der Waals surface area contributed by atoms with E-state index in [1.54, 1.807) is 0 Å². The topological polar surface area (TPSA) is 0 Å². The van der Waals surface area contributed by atoms with Gasteiger partial charge in [0.2, 0.25) is 0 Å². The van der Waals surface area contributed by atoms with E-state index in [2.05, 4.69) is 49.4 Å². The van der Waals surface area contributed by atoms with E-state index in [9.17, 15) is 0 Å². The maximum atomic E-state index is 2.16. The number of aryl methyl sites for hydroxylation is 1. The van der Waals surface area contributed by atoms with Crippen molar-refractivity contribution in [3.63, 3.8) is 0 Å². The summed E-state index contributed by atoms with van der Waals surface area (Å²) in [6, 6.07) is 14.8. The van der Waals surface area contributed by atoms with Crippen molar-refractivity contribution in [3.05, 3.63) is 70.3 Å². The first-order valence-corrected chi connectivity index (χ1v) is 4.82. The molecular formula is C16H25Y3-3. The van der Waals surface area contributed by atoms with Crippen LogP contribution in [0, 0.1) is 29.2 Å². The Labute approximate surface area is 196 Å². The summed E-state index contributed by atoms with van der Waals surface area (Å²) in [5.41, 5.74) is 1.35. The summed E-state index contributed by atoms with van der Waals surface area (Å²) in [5.74, 6) is 0. The molecule has 0 aliphatic carbocycles. The molecule has 0 bridgehead atoms. The summed E-state index contributed by atoms with van der Waals surface area (Å²) in [6.07, 6.45) is 0. The average molecular weight is 484 g/mol. The summed E-state index contributed by atoms with van der Waals surface area (Å²) < 4.78 is 0. The molecule has 0 aromatic heterocycles. The Hall–Kier alpha value is 2.01. The molecule has 0 atom stereocenters. The minimum absolute atomic E-state index is 0. The molecule has 2 aromatic rings. The second-order valence-electron chi connectivity index (χ2n) is 2.80. The molecule has 101 valence electrons. The molecule has 0 nitrogen and oxygen atoms in total. The fraction of sp³-hybridized carbons (Fsp3) is 0.188. The van der Waals surface area contributed by atoms with Crippen LogP contribution in [0.4, 0.5) is 0 Å². The Morgan fingerprint density at radius 1 is 0.632 bits per heavy atom. The van der Waals surface area contributed by atoms with Gasteiger partial charge in [-0.25, -0.2) is 0 Å². The fourth-order valence-electron chi connectivity index (χ4n) is 1.39. The van der Waals surface area contributed by atoms with Crippen LogP contribution in [0.15, 0.2) is 42.5 Å². The molecule has 0 spiro atoms. The van der Waals surface area contributed by atoms with Crippen molar-refractivity contribution >= 4 is 10.8 Å². The van der Waals surface area contributed by atoms with Crippen LogP contribution in [-0.4, -0.2) is 0 Å². The van der Waals surface area contributed by atoms with Gasteiger partial charge in [-0.3, -0.25) is 0 Å². The van der Waals surface area contributed by atoms with Gasteiger partial charge in [0.1, 0.15) is 0 Å². The van der Waals surface area contributed by atoms with Crippen LogP contribution in [0.5, 0.6) is 0 Å². The zero-order valence-corrected chi connectivity index (χ0v) is 21.8. The van der Waals surface area contributed by atoms with E-state index in [-0.39, 0.29) is 120 Å². The Kier molecular flexibility index (Phi) is 43.8. The molecule has 0 aliphatic heterocycles. The Morgan fingerprint density at radius 3 is 1.53 bits per heavy atom. The van der Waals surface area contributed by atoms with Crippen LogP contribution in [-0.2, 0) is 98.1 Å². The van der Waals surface area contributed by atoms with Crippen molar-refractivity contribution in [2.45, 2.75) is 20.8 Å². The standard InChI is InChI=1S/C11H10.C2H6.3CH3.3Y/c1-9-5-4-7-10-6-2-3-8-11(9)10;1-2;;;;;;/h2-8H,1H3;1-2H3;3*1H3;;;/q;;3*-1;;;. The molecule has 0 saturated carbocycles. The molecule has 2 rings (SSSR count). The third kappa shape index (κ3) is 12.3. The van der Waals surface area contributed by atoms with Gasteiger partial charge in [-0.1, -0.05) is 56.3 Å². The van der Waals surface area contributed by atoms with Gasteiger partial charge in [0.15, 0.2) is 0 Å². The Bertz CT molecular complexity index is 381. The molecule has 3 heteroatoms. The van der Waals surface area contributed by atoms with E-state index in [1.165, 1.54) is 16.3 Å². The van der Waals surface area contributed by atoms with Crippen LogP contribution in [0.25, 0.3) is 10.8 Å². The quantitative estimate of drug-likeness (QED) is 0.433. The molecule has 0 N–H and O–H groups in total. The zero-order chi connectivity index (χ0) is 9.68. The van der Waals surface area contributed by atoms with Gasteiger partial charge in [-0.15, -0.1) is 0 Å².